The lowest BCUT2D eigenvalue weighted by Gasteiger charge is -2.03. The maximum Gasteiger partial charge on any atom is 0.117 e. The fourth-order valence-corrected chi connectivity index (χ4v) is 1.77. The molecule has 0 bridgehead atoms. The fourth-order valence-electron chi connectivity index (χ4n) is 1.77. The zero-order valence-electron chi connectivity index (χ0n) is 10.8. The lowest BCUT2D eigenvalue weighted by atomic mass is 10.1. The molecule has 1 N–H and O–H groups in total. The molecule has 96 valence electrons. The van der Waals surface area contributed by atoms with Crippen LogP contribution in [0, 0.1) is 0 Å². The number of nitrogens with one attached hydrogen (secondary N) is 1. The van der Waals surface area contributed by atoms with E-state index in [4.69, 9.17) is 4.74 Å². The predicted molar refractivity (Wildman–Crippen MR) is 70.0 cm³/mol. The summed E-state index contributed by atoms with van der Waals surface area (Å²) in [6, 6.07) is 10.1. The van der Waals surface area contributed by atoms with Gasteiger partial charge in [0.25, 0.3) is 0 Å². The summed E-state index contributed by atoms with van der Waals surface area (Å²) in [5, 5.41) is 12.1. The Morgan fingerprint density at radius 1 is 1.22 bits per heavy atom. The van der Waals surface area contributed by atoms with Gasteiger partial charge in [0.15, 0.2) is 0 Å². The molecule has 0 unspecified atom stereocenters. The minimum Gasteiger partial charge on any atom is -0.383 e. The molecule has 0 saturated carbocycles. The first kappa shape index (κ1) is 12.7. The second-order valence-electron chi connectivity index (χ2n) is 4.02. The second-order valence-corrected chi connectivity index (χ2v) is 4.02. The van der Waals surface area contributed by atoms with Gasteiger partial charge in [-0.05, 0) is 0 Å². The van der Waals surface area contributed by atoms with Crippen LogP contribution in [0.2, 0.25) is 0 Å². The van der Waals surface area contributed by atoms with Gasteiger partial charge in [-0.25, -0.2) is 0 Å². The molecule has 0 aliphatic heterocycles. The highest BCUT2D eigenvalue weighted by Crippen LogP contribution is 2.19. The number of hydrogen-bond donors (Lipinski definition) is 1. The van der Waals surface area contributed by atoms with Crippen LogP contribution in [0.4, 0.5) is 0 Å². The number of aromatic nitrogens is 3. The first-order chi connectivity index (χ1) is 8.81. The van der Waals surface area contributed by atoms with Gasteiger partial charge in [0, 0.05) is 32.8 Å². The lowest BCUT2D eigenvalue weighted by Crippen LogP contribution is -2.19. The molecule has 1 aromatic heterocycles. The Hall–Kier alpha value is -1.72. The summed E-state index contributed by atoms with van der Waals surface area (Å²) in [7, 11) is 3.53. The van der Waals surface area contributed by atoms with Crippen LogP contribution in [0.1, 0.15) is 5.69 Å². The molecule has 0 atom stereocenters. The molecular weight excluding hydrogens is 228 g/mol. The van der Waals surface area contributed by atoms with E-state index in [9.17, 15) is 0 Å². The molecule has 0 saturated heterocycles. The summed E-state index contributed by atoms with van der Waals surface area (Å²) in [6.45, 7) is 2.20. The monoisotopic (exact) mass is 246 g/mol. The molecule has 0 spiro atoms. The molecule has 5 nitrogen and oxygen atoms in total. The van der Waals surface area contributed by atoms with E-state index in [2.05, 4.69) is 15.5 Å². The average Bonchev–Trinajstić information content (AvgIpc) is 2.77. The molecule has 2 aromatic rings. The van der Waals surface area contributed by atoms with Gasteiger partial charge >= 0.3 is 0 Å². The fraction of sp³-hybridized carbons (Fsp3) is 0.385. The molecular formula is C13H18N4O. The van der Waals surface area contributed by atoms with Crippen molar-refractivity contribution in [2.24, 2.45) is 7.05 Å². The number of aryl methyl sites for hydroxylation is 1. The zero-order valence-corrected chi connectivity index (χ0v) is 10.8. The number of benzene rings is 1. The van der Waals surface area contributed by atoms with Gasteiger partial charge < -0.3 is 10.1 Å². The average molecular weight is 246 g/mol. The van der Waals surface area contributed by atoms with E-state index >= 15 is 0 Å². The highest BCUT2D eigenvalue weighted by molar-refractivity contribution is 5.60. The summed E-state index contributed by atoms with van der Waals surface area (Å²) in [5.41, 5.74) is 2.98. The molecule has 2 rings (SSSR count). The van der Waals surface area contributed by atoms with Crippen molar-refractivity contribution in [3.8, 4) is 11.3 Å². The van der Waals surface area contributed by atoms with Gasteiger partial charge in [-0.3, -0.25) is 0 Å². The molecule has 0 aliphatic rings. The van der Waals surface area contributed by atoms with E-state index in [0.29, 0.717) is 13.2 Å². The Labute approximate surface area is 107 Å². The van der Waals surface area contributed by atoms with E-state index in [1.807, 2.05) is 37.4 Å². The molecule has 0 amide bonds. The Bertz CT molecular complexity index is 481. The number of methoxy groups -OCH3 is 1. The standard InChI is InChI=1S/C13H18N4O/c1-17-15-12(10-14-8-9-18-2)13(16-17)11-6-4-3-5-7-11/h3-7,14H,8-10H2,1-2H3. The maximum absolute atomic E-state index is 5.00. The highest BCUT2D eigenvalue weighted by Gasteiger charge is 2.10. The number of hydrogen-bond acceptors (Lipinski definition) is 4. The van der Waals surface area contributed by atoms with Crippen molar-refractivity contribution in [3.05, 3.63) is 36.0 Å². The van der Waals surface area contributed by atoms with Gasteiger partial charge in [0.1, 0.15) is 11.4 Å². The van der Waals surface area contributed by atoms with Crippen LogP contribution < -0.4 is 5.32 Å². The van der Waals surface area contributed by atoms with Crippen LogP contribution in [-0.4, -0.2) is 35.3 Å². The van der Waals surface area contributed by atoms with E-state index < -0.39 is 0 Å². The molecule has 1 heterocycles. The van der Waals surface area contributed by atoms with Gasteiger partial charge in [-0.1, -0.05) is 30.3 Å². The third kappa shape index (κ3) is 3.15. The predicted octanol–water partition coefficient (Wildman–Crippen LogP) is 1.22. The SMILES string of the molecule is COCCNCc1nn(C)nc1-c1ccccc1. The van der Waals surface area contributed by atoms with E-state index in [1.165, 1.54) is 0 Å². The van der Waals surface area contributed by atoms with Crippen LogP contribution in [0.3, 0.4) is 0 Å². The van der Waals surface area contributed by atoms with Crippen molar-refractivity contribution in [2.75, 3.05) is 20.3 Å². The van der Waals surface area contributed by atoms with Crippen LogP contribution in [0.15, 0.2) is 30.3 Å². The highest BCUT2D eigenvalue weighted by atomic mass is 16.5. The normalized spacial score (nSPS) is 10.8. The Morgan fingerprint density at radius 3 is 2.72 bits per heavy atom. The minimum absolute atomic E-state index is 0.695. The number of nitrogens with zero attached hydrogens (tertiary/aromatic N) is 3. The van der Waals surface area contributed by atoms with Crippen molar-refractivity contribution in [3.63, 3.8) is 0 Å². The Balaban J connectivity index is 2.11. The minimum atomic E-state index is 0.695. The quantitative estimate of drug-likeness (QED) is 0.779. The molecule has 0 aliphatic carbocycles. The van der Waals surface area contributed by atoms with Crippen LogP contribution in [0.5, 0.6) is 0 Å². The van der Waals surface area contributed by atoms with Gasteiger partial charge in [-0.2, -0.15) is 15.0 Å². The van der Waals surface area contributed by atoms with Gasteiger partial charge in [0.2, 0.25) is 0 Å². The summed E-state index contributed by atoms with van der Waals surface area (Å²) in [5.74, 6) is 0. The largest absolute Gasteiger partial charge is 0.383 e. The van der Waals surface area contributed by atoms with Crippen LogP contribution >= 0.6 is 0 Å². The van der Waals surface area contributed by atoms with Gasteiger partial charge in [-0.15, -0.1) is 0 Å². The van der Waals surface area contributed by atoms with Gasteiger partial charge in [0.05, 0.1) is 6.61 Å². The first-order valence-corrected chi connectivity index (χ1v) is 5.96. The zero-order chi connectivity index (χ0) is 12.8. The summed E-state index contributed by atoms with van der Waals surface area (Å²) in [4.78, 5) is 1.61. The van der Waals surface area contributed by atoms with Crippen molar-refractivity contribution in [1.29, 1.82) is 0 Å². The first-order valence-electron chi connectivity index (χ1n) is 5.96. The summed E-state index contributed by atoms with van der Waals surface area (Å²) in [6.07, 6.45) is 0. The van der Waals surface area contributed by atoms with E-state index in [-0.39, 0.29) is 0 Å². The maximum atomic E-state index is 5.00. The summed E-state index contributed by atoms with van der Waals surface area (Å²) < 4.78 is 5.00. The summed E-state index contributed by atoms with van der Waals surface area (Å²) >= 11 is 0. The van der Waals surface area contributed by atoms with Crippen molar-refractivity contribution in [1.82, 2.24) is 20.3 Å². The molecule has 1 aromatic carbocycles. The number of rotatable bonds is 6. The van der Waals surface area contributed by atoms with E-state index in [1.54, 1.807) is 11.9 Å². The van der Waals surface area contributed by atoms with Crippen LogP contribution in [0.25, 0.3) is 11.3 Å². The van der Waals surface area contributed by atoms with Crippen LogP contribution in [-0.2, 0) is 18.3 Å². The molecule has 0 fully saturated rings. The molecule has 5 heteroatoms. The number of ether oxygens (including phenoxy) is 1. The third-order valence-electron chi connectivity index (χ3n) is 2.61. The molecule has 0 radical (unpaired) electrons. The smallest absolute Gasteiger partial charge is 0.117 e. The Morgan fingerprint density at radius 2 is 2.00 bits per heavy atom. The molecule has 18 heavy (non-hydrogen) atoms. The topological polar surface area (TPSA) is 52.0 Å². The van der Waals surface area contributed by atoms with Crippen molar-refractivity contribution in [2.45, 2.75) is 6.54 Å². The Kier molecular flexibility index (Phi) is 4.44. The third-order valence-corrected chi connectivity index (χ3v) is 2.61. The lowest BCUT2D eigenvalue weighted by molar-refractivity contribution is 0.199. The van der Waals surface area contributed by atoms with E-state index in [0.717, 1.165) is 23.5 Å². The van der Waals surface area contributed by atoms with Crippen molar-refractivity contribution < 1.29 is 4.74 Å². The second kappa shape index (κ2) is 6.28. The van der Waals surface area contributed by atoms with Crippen molar-refractivity contribution >= 4 is 0 Å².